The maximum atomic E-state index is 12.9. The number of carbonyl (C=O) groups is 2. The van der Waals surface area contributed by atoms with Crippen LogP contribution in [0.4, 0.5) is 0 Å². The van der Waals surface area contributed by atoms with Crippen LogP contribution in [-0.4, -0.2) is 33.9 Å². The minimum atomic E-state index is -0.226. The third-order valence-corrected chi connectivity index (χ3v) is 6.18. The number of fused-ring (bicyclic) bond motifs is 1. The lowest BCUT2D eigenvalue weighted by Gasteiger charge is -2.15. The van der Waals surface area contributed by atoms with Crippen molar-refractivity contribution in [1.82, 2.24) is 10.3 Å². The van der Waals surface area contributed by atoms with Crippen LogP contribution in [0.25, 0.3) is 0 Å². The van der Waals surface area contributed by atoms with Crippen molar-refractivity contribution in [2.75, 3.05) is 0 Å². The van der Waals surface area contributed by atoms with Gasteiger partial charge in [0.1, 0.15) is 5.69 Å². The monoisotopic (exact) mass is 378 g/mol. The number of rotatable bonds is 6. The second-order valence-electron chi connectivity index (χ2n) is 8.03. The molecule has 0 radical (unpaired) electrons. The molecule has 146 valence electrons. The van der Waals surface area contributed by atoms with Crippen molar-refractivity contribution in [3.8, 4) is 0 Å². The molecule has 2 fully saturated rings. The summed E-state index contributed by atoms with van der Waals surface area (Å²) in [6.45, 7) is 3.83. The Balaban J connectivity index is 1.59. The van der Waals surface area contributed by atoms with Crippen molar-refractivity contribution in [3.63, 3.8) is 0 Å². The first-order valence-electron chi connectivity index (χ1n) is 10.1. The van der Waals surface area contributed by atoms with Crippen molar-refractivity contribution in [2.45, 2.75) is 51.2 Å². The number of nitrogens with one attached hydrogen (secondary N) is 1. The number of benzene rings is 1. The van der Waals surface area contributed by atoms with Crippen LogP contribution in [0.3, 0.4) is 0 Å². The second-order valence-corrected chi connectivity index (χ2v) is 8.03. The van der Waals surface area contributed by atoms with Crippen LogP contribution in [0.2, 0.25) is 0 Å². The standard InChI is InChI=1S/C23H26N2O3/c1-3-21(27)20-10-15(23(28)25-22-17-11-16(26)12-18(17)22)9-19(24-20)13(2)14-7-5-4-6-8-14/h4-10,13,16-18,22,26H,3,11-12H2,1-2H3,(H,25,28)/t13-,16?,17-,18+,22?/m0/s1. The van der Waals surface area contributed by atoms with Crippen LogP contribution in [0.15, 0.2) is 42.5 Å². The number of carbonyl (C=O) groups excluding carboxylic acids is 2. The molecule has 0 spiro atoms. The van der Waals surface area contributed by atoms with E-state index in [1.807, 2.05) is 37.3 Å². The van der Waals surface area contributed by atoms with Crippen molar-refractivity contribution in [1.29, 1.82) is 0 Å². The summed E-state index contributed by atoms with van der Waals surface area (Å²) in [6.07, 6.45) is 1.65. The molecule has 1 heterocycles. The van der Waals surface area contributed by atoms with Gasteiger partial charge in [0, 0.05) is 29.6 Å². The number of ketones is 1. The quantitative estimate of drug-likeness (QED) is 0.756. The van der Waals surface area contributed by atoms with E-state index < -0.39 is 0 Å². The van der Waals surface area contributed by atoms with Gasteiger partial charge in [-0.1, -0.05) is 44.2 Å². The summed E-state index contributed by atoms with van der Waals surface area (Å²) in [7, 11) is 0. The molecule has 5 heteroatoms. The molecule has 4 rings (SSSR count). The molecular weight excluding hydrogens is 352 g/mol. The predicted octanol–water partition coefficient (Wildman–Crippen LogP) is 3.33. The number of hydrogen-bond donors (Lipinski definition) is 2. The maximum Gasteiger partial charge on any atom is 0.251 e. The van der Waals surface area contributed by atoms with Gasteiger partial charge < -0.3 is 10.4 Å². The SMILES string of the molecule is CCC(=O)c1cc(C(=O)NC2[C@H]3CC(O)C[C@@H]23)cc([C@@H](C)c2ccccc2)n1. The molecule has 2 aromatic rings. The summed E-state index contributed by atoms with van der Waals surface area (Å²) in [5.74, 6) is 0.527. The lowest BCUT2D eigenvalue weighted by Crippen LogP contribution is -2.30. The molecule has 2 aliphatic carbocycles. The van der Waals surface area contributed by atoms with Crippen LogP contribution in [0, 0.1) is 11.8 Å². The summed E-state index contributed by atoms with van der Waals surface area (Å²) < 4.78 is 0. The van der Waals surface area contributed by atoms with Gasteiger partial charge in [-0.2, -0.15) is 0 Å². The Morgan fingerprint density at radius 3 is 2.50 bits per heavy atom. The molecule has 5 nitrogen and oxygen atoms in total. The van der Waals surface area contributed by atoms with Crippen molar-refractivity contribution >= 4 is 11.7 Å². The number of hydrogen-bond acceptors (Lipinski definition) is 4. The Labute approximate surface area is 165 Å². The van der Waals surface area contributed by atoms with Gasteiger partial charge in [-0.15, -0.1) is 0 Å². The molecule has 2 saturated carbocycles. The smallest absolute Gasteiger partial charge is 0.251 e. The van der Waals surface area contributed by atoms with E-state index >= 15 is 0 Å². The van der Waals surface area contributed by atoms with Crippen LogP contribution in [0.5, 0.6) is 0 Å². The summed E-state index contributed by atoms with van der Waals surface area (Å²) in [5, 5.41) is 12.8. The molecule has 0 bridgehead atoms. The van der Waals surface area contributed by atoms with E-state index in [0.717, 1.165) is 24.1 Å². The molecule has 1 aromatic carbocycles. The molecule has 1 aromatic heterocycles. The zero-order chi connectivity index (χ0) is 19.8. The molecule has 0 saturated heterocycles. The fourth-order valence-corrected chi connectivity index (χ4v) is 4.40. The highest BCUT2D eigenvalue weighted by atomic mass is 16.3. The van der Waals surface area contributed by atoms with Gasteiger partial charge in [0.2, 0.25) is 0 Å². The van der Waals surface area contributed by atoms with Crippen LogP contribution in [-0.2, 0) is 0 Å². The van der Waals surface area contributed by atoms with E-state index in [2.05, 4.69) is 10.3 Å². The fourth-order valence-electron chi connectivity index (χ4n) is 4.40. The Bertz CT molecular complexity index is 884. The first-order valence-corrected chi connectivity index (χ1v) is 10.1. The zero-order valence-electron chi connectivity index (χ0n) is 16.3. The van der Waals surface area contributed by atoms with E-state index in [1.54, 1.807) is 19.1 Å². The zero-order valence-corrected chi connectivity index (χ0v) is 16.3. The van der Waals surface area contributed by atoms with Crippen molar-refractivity contribution in [3.05, 3.63) is 65.0 Å². The Morgan fingerprint density at radius 2 is 1.86 bits per heavy atom. The molecule has 2 aliphatic rings. The largest absolute Gasteiger partial charge is 0.393 e. The Hall–Kier alpha value is -2.53. The topological polar surface area (TPSA) is 79.3 Å². The molecule has 2 unspecified atom stereocenters. The van der Waals surface area contributed by atoms with E-state index in [0.29, 0.717) is 29.5 Å². The number of aromatic nitrogens is 1. The first kappa shape index (κ1) is 18.8. The summed E-state index contributed by atoms with van der Waals surface area (Å²) >= 11 is 0. The maximum absolute atomic E-state index is 12.9. The number of pyridine rings is 1. The Morgan fingerprint density at radius 1 is 1.18 bits per heavy atom. The van der Waals surface area contributed by atoms with Gasteiger partial charge in [-0.05, 0) is 42.4 Å². The second kappa shape index (κ2) is 7.47. The highest BCUT2D eigenvalue weighted by molar-refractivity contribution is 5.99. The van der Waals surface area contributed by atoms with Gasteiger partial charge in [-0.3, -0.25) is 9.59 Å². The van der Waals surface area contributed by atoms with Crippen LogP contribution >= 0.6 is 0 Å². The Kier molecular flexibility index (Phi) is 5.02. The summed E-state index contributed by atoms with van der Waals surface area (Å²) in [5.41, 5.74) is 2.64. The first-order chi connectivity index (χ1) is 13.5. The van der Waals surface area contributed by atoms with E-state index in [-0.39, 0.29) is 29.8 Å². The lowest BCUT2D eigenvalue weighted by molar-refractivity contribution is 0.0936. The molecule has 28 heavy (non-hydrogen) atoms. The molecular formula is C23H26N2O3. The van der Waals surface area contributed by atoms with Gasteiger partial charge in [-0.25, -0.2) is 4.98 Å². The number of aliphatic hydroxyl groups is 1. The summed E-state index contributed by atoms with van der Waals surface area (Å²) in [4.78, 5) is 29.7. The predicted molar refractivity (Wildman–Crippen MR) is 106 cm³/mol. The van der Waals surface area contributed by atoms with Crippen molar-refractivity contribution < 1.29 is 14.7 Å². The number of amides is 1. The van der Waals surface area contributed by atoms with Crippen molar-refractivity contribution in [2.24, 2.45) is 11.8 Å². The molecule has 0 aliphatic heterocycles. The van der Waals surface area contributed by atoms with E-state index in [9.17, 15) is 14.7 Å². The van der Waals surface area contributed by atoms with E-state index in [4.69, 9.17) is 0 Å². The van der Waals surface area contributed by atoms with Gasteiger partial charge in [0.05, 0.1) is 6.10 Å². The highest BCUT2D eigenvalue weighted by Crippen LogP contribution is 2.52. The number of aliphatic hydroxyl groups excluding tert-OH is 1. The van der Waals surface area contributed by atoms with Crippen LogP contribution in [0.1, 0.15) is 71.1 Å². The van der Waals surface area contributed by atoms with Gasteiger partial charge >= 0.3 is 0 Å². The number of Topliss-reactive ketones (excluding diaryl/α,β-unsaturated/α-hetero) is 1. The van der Waals surface area contributed by atoms with Gasteiger partial charge in [0.25, 0.3) is 5.91 Å². The van der Waals surface area contributed by atoms with Gasteiger partial charge in [0.15, 0.2) is 5.78 Å². The molecule has 1 amide bonds. The average molecular weight is 378 g/mol. The van der Waals surface area contributed by atoms with Crippen LogP contribution < -0.4 is 5.32 Å². The highest BCUT2D eigenvalue weighted by Gasteiger charge is 2.56. The number of nitrogens with zero attached hydrogens (tertiary/aromatic N) is 1. The normalized spacial score (nSPS) is 26.4. The molecule has 2 N–H and O–H groups in total. The average Bonchev–Trinajstić information content (AvgIpc) is 3.17. The lowest BCUT2D eigenvalue weighted by atomic mass is 9.95. The molecule has 5 atom stereocenters. The van der Waals surface area contributed by atoms with E-state index in [1.165, 1.54) is 0 Å². The third-order valence-electron chi connectivity index (χ3n) is 6.18. The third kappa shape index (κ3) is 3.59. The summed E-state index contributed by atoms with van der Waals surface area (Å²) in [6, 6.07) is 13.5. The minimum absolute atomic E-state index is 0.0205. The fraction of sp³-hybridized carbons (Fsp3) is 0.435. The minimum Gasteiger partial charge on any atom is -0.393 e.